The van der Waals surface area contributed by atoms with Gasteiger partial charge in [-0.15, -0.1) is 0 Å². The van der Waals surface area contributed by atoms with E-state index in [1.54, 1.807) is 47.4 Å². The molecule has 0 atom stereocenters. The van der Waals surface area contributed by atoms with Crippen molar-refractivity contribution in [3.8, 4) is 22.8 Å². The summed E-state index contributed by atoms with van der Waals surface area (Å²) < 4.78 is 10.3. The molecule has 0 aliphatic carbocycles. The Morgan fingerprint density at radius 3 is 2.54 bits per heavy atom. The topological polar surface area (TPSA) is 78.9 Å². The number of pyridine rings is 1. The number of nitrogens with zero attached hydrogens (tertiary/aromatic N) is 4. The minimum absolute atomic E-state index is 0.0932. The summed E-state index contributed by atoms with van der Waals surface area (Å²) in [6.07, 6.45) is 5.40. The lowest BCUT2D eigenvalue weighted by Gasteiger charge is -2.30. The molecule has 0 radical (unpaired) electrons. The van der Waals surface area contributed by atoms with Crippen LogP contribution in [0.4, 0.5) is 11.4 Å². The first-order valence-electron chi connectivity index (χ1n) is 15.4. The molecule has 0 fully saturated rings. The van der Waals surface area contributed by atoms with Crippen molar-refractivity contribution in [3.05, 3.63) is 124 Å². The van der Waals surface area contributed by atoms with E-state index >= 15 is 0 Å². The molecule has 0 spiro atoms. The number of carbonyl (C=O) groups excluding carboxylic acids is 2. The number of aromatic nitrogens is 2. The monoisotopic (exact) mass is 633 g/mol. The summed E-state index contributed by atoms with van der Waals surface area (Å²) in [7, 11) is 1.89. The number of carbonyl (C=O) groups is 2. The number of benzene rings is 3. The Labute approximate surface area is 272 Å². The summed E-state index contributed by atoms with van der Waals surface area (Å²) in [5.41, 5.74) is 6.65. The molecule has 2 aromatic heterocycles. The number of aryl methyl sites for hydroxylation is 1. The number of ether oxygens (including phenoxy) is 1. The van der Waals surface area contributed by atoms with E-state index in [9.17, 15) is 14.7 Å². The number of hydrogen-bond acceptors (Lipinski definition) is 4. The lowest BCUT2D eigenvalue weighted by Crippen LogP contribution is -2.37. The highest BCUT2D eigenvalue weighted by molar-refractivity contribution is 6.31. The van der Waals surface area contributed by atoms with Crippen LogP contribution < -0.4 is 14.2 Å². The molecule has 1 N–H and O–H groups in total. The van der Waals surface area contributed by atoms with Crippen molar-refractivity contribution < 1.29 is 24.0 Å². The van der Waals surface area contributed by atoms with Crippen molar-refractivity contribution >= 4 is 34.8 Å². The summed E-state index contributed by atoms with van der Waals surface area (Å²) in [6, 6.07) is 23.6. The predicted molar refractivity (Wildman–Crippen MR) is 177 cm³/mol. The Morgan fingerprint density at radius 1 is 0.891 bits per heavy atom. The first-order valence-corrected chi connectivity index (χ1v) is 15.8. The lowest BCUT2D eigenvalue weighted by atomic mass is 9.96. The number of halogens is 1. The molecule has 5 heterocycles. The van der Waals surface area contributed by atoms with Crippen molar-refractivity contribution in [3.63, 3.8) is 0 Å². The number of phenols is 1. The molecule has 3 aromatic carbocycles. The van der Waals surface area contributed by atoms with Gasteiger partial charge in [-0.1, -0.05) is 23.7 Å². The second-order valence-electron chi connectivity index (χ2n) is 11.8. The quantitative estimate of drug-likeness (QED) is 0.211. The molecule has 5 aromatic rings. The Bertz CT molecular complexity index is 1980. The third-order valence-corrected chi connectivity index (χ3v) is 9.23. The molecule has 232 valence electrons. The van der Waals surface area contributed by atoms with Crippen LogP contribution in [0.15, 0.2) is 91.3 Å². The Morgan fingerprint density at radius 2 is 1.72 bits per heavy atom. The van der Waals surface area contributed by atoms with Crippen LogP contribution in [0.2, 0.25) is 5.02 Å². The minimum Gasteiger partial charge on any atom is -0.508 e. The third-order valence-electron chi connectivity index (χ3n) is 8.99. The number of phenolic OH excluding ortho intramolecular Hbond substituents is 1. The van der Waals surface area contributed by atoms with E-state index in [0.717, 1.165) is 29.0 Å². The van der Waals surface area contributed by atoms with Crippen LogP contribution in [0, 0.1) is 6.92 Å². The fourth-order valence-corrected chi connectivity index (χ4v) is 6.63. The second-order valence-corrected chi connectivity index (χ2v) is 12.2. The van der Waals surface area contributed by atoms with Crippen LogP contribution in [0.3, 0.4) is 0 Å². The zero-order chi connectivity index (χ0) is 31.9. The Kier molecular flexibility index (Phi) is 7.74. The molecule has 8 bridgehead atoms. The summed E-state index contributed by atoms with van der Waals surface area (Å²) in [6.45, 7) is 4.16. The van der Waals surface area contributed by atoms with E-state index in [1.165, 1.54) is 0 Å². The van der Waals surface area contributed by atoms with Gasteiger partial charge in [0.05, 0.1) is 12.2 Å². The second kappa shape index (κ2) is 12.0. The van der Waals surface area contributed by atoms with Crippen LogP contribution in [0.5, 0.6) is 11.5 Å². The van der Waals surface area contributed by atoms with Gasteiger partial charge in [-0.25, -0.2) is 4.57 Å². The van der Waals surface area contributed by atoms with E-state index in [-0.39, 0.29) is 17.6 Å². The van der Waals surface area contributed by atoms with E-state index in [2.05, 4.69) is 10.6 Å². The summed E-state index contributed by atoms with van der Waals surface area (Å²) in [5.74, 6) is 0.641. The summed E-state index contributed by atoms with van der Waals surface area (Å²) >= 11 is 6.53. The van der Waals surface area contributed by atoms with E-state index in [0.29, 0.717) is 71.4 Å². The molecular formula is C37H34ClN4O4+. The molecule has 8 rings (SSSR count). The van der Waals surface area contributed by atoms with Crippen molar-refractivity contribution in [1.82, 2.24) is 9.47 Å². The predicted octanol–water partition coefficient (Wildman–Crippen LogP) is 6.61. The number of aromatic hydroxyl groups is 1. The van der Waals surface area contributed by atoms with E-state index in [1.807, 2.05) is 66.2 Å². The van der Waals surface area contributed by atoms with Crippen LogP contribution >= 0.6 is 11.6 Å². The van der Waals surface area contributed by atoms with Crippen molar-refractivity contribution in [2.45, 2.75) is 32.9 Å². The van der Waals surface area contributed by atoms with Gasteiger partial charge in [0.1, 0.15) is 17.2 Å². The Hall–Kier alpha value is -5.08. The third kappa shape index (κ3) is 5.39. The number of fused-ring (bicyclic) bond motifs is 5. The minimum atomic E-state index is -0.238. The molecule has 3 aliphatic heterocycles. The highest BCUT2D eigenvalue weighted by Gasteiger charge is 2.30. The zero-order valence-corrected chi connectivity index (χ0v) is 26.5. The van der Waals surface area contributed by atoms with Crippen LogP contribution in [0.1, 0.15) is 44.0 Å². The van der Waals surface area contributed by atoms with E-state index in [4.69, 9.17) is 16.3 Å². The molecule has 0 unspecified atom stereocenters. The molecule has 0 saturated heterocycles. The van der Waals surface area contributed by atoms with Crippen molar-refractivity contribution in [2.75, 3.05) is 18.1 Å². The van der Waals surface area contributed by atoms with Gasteiger partial charge in [-0.2, -0.15) is 0 Å². The number of rotatable bonds is 1. The zero-order valence-electron chi connectivity index (χ0n) is 25.7. The standard InChI is InChI=1S/C37H33ClN4O4/c1-24-32-21-34(39(24)2)33-20-26(38)9-14-31(33)36(44)41-18-15-30-25(22-41)6-3-8-35(30)46-19-5-17-40-16-4-7-28(23-40)42(37(32)45)27-10-12-29(43)13-11-27/h3-4,6-14,16,20-21,23H,5,15,17-19,22H2,1-2H3/p+1. The normalized spacial score (nSPS) is 15.0. The van der Waals surface area contributed by atoms with Gasteiger partial charge < -0.3 is 19.3 Å². The number of hydrogen-bond donors (Lipinski definition) is 1. The smallest absolute Gasteiger partial charge is 0.264 e. The molecule has 2 amide bonds. The summed E-state index contributed by atoms with van der Waals surface area (Å²) in [4.78, 5) is 32.3. The fourth-order valence-electron chi connectivity index (χ4n) is 6.46. The van der Waals surface area contributed by atoms with Gasteiger partial charge >= 0.3 is 0 Å². The first kappa shape index (κ1) is 29.6. The molecule has 9 heteroatoms. The van der Waals surface area contributed by atoms with Gasteiger partial charge in [-0.3, -0.25) is 14.5 Å². The average molecular weight is 634 g/mol. The van der Waals surface area contributed by atoms with Gasteiger partial charge in [0.25, 0.3) is 11.8 Å². The number of anilines is 2. The SMILES string of the molecule is Cc1c2cc(n1C)-c1cc(Cl)ccc1C(=O)N1CCc3c(cccc3OCCC[n+]3cccc(c3)N(c3ccc(O)cc3)C2=O)C1. The van der Waals surface area contributed by atoms with Crippen molar-refractivity contribution in [1.29, 1.82) is 0 Å². The lowest BCUT2D eigenvalue weighted by molar-refractivity contribution is -0.696. The van der Waals surface area contributed by atoms with Gasteiger partial charge in [0.2, 0.25) is 0 Å². The van der Waals surface area contributed by atoms with Crippen molar-refractivity contribution in [2.24, 2.45) is 7.05 Å². The maximum absolute atomic E-state index is 14.6. The van der Waals surface area contributed by atoms with Crippen LogP contribution in [-0.4, -0.2) is 39.5 Å². The fraction of sp³-hybridized carbons (Fsp3) is 0.216. The maximum atomic E-state index is 14.6. The van der Waals surface area contributed by atoms with E-state index < -0.39 is 0 Å². The van der Waals surface area contributed by atoms with Gasteiger partial charge in [0.15, 0.2) is 18.9 Å². The van der Waals surface area contributed by atoms with Gasteiger partial charge in [-0.05, 0) is 79.6 Å². The molecular weight excluding hydrogens is 600 g/mol. The largest absolute Gasteiger partial charge is 0.508 e. The molecule has 8 nitrogen and oxygen atoms in total. The highest BCUT2D eigenvalue weighted by Crippen LogP contribution is 2.36. The Balaban J connectivity index is 1.40. The molecule has 0 saturated carbocycles. The first-order chi connectivity index (χ1) is 22.3. The molecule has 3 aliphatic rings. The molecule has 46 heavy (non-hydrogen) atoms. The highest BCUT2D eigenvalue weighted by atomic mass is 35.5. The van der Waals surface area contributed by atoms with Crippen LogP contribution in [-0.2, 0) is 26.6 Å². The average Bonchev–Trinajstić information content (AvgIpc) is 3.36. The van der Waals surface area contributed by atoms with Gasteiger partial charge in [0, 0.05) is 71.4 Å². The van der Waals surface area contributed by atoms with Crippen LogP contribution in [0.25, 0.3) is 11.3 Å². The maximum Gasteiger partial charge on any atom is 0.264 e. The summed E-state index contributed by atoms with van der Waals surface area (Å²) in [5, 5.41) is 10.5. The number of amides is 2.